The molecule has 4 heteroatoms. The fourth-order valence-electron chi connectivity index (χ4n) is 2.80. The highest BCUT2D eigenvalue weighted by Crippen LogP contribution is 2.28. The molecule has 0 aliphatic heterocycles. The zero-order chi connectivity index (χ0) is 14.5. The molecule has 1 amide bonds. The first kappa shape index (κ1) is 16.4. The van der Waals surface area contributed by atoms with Gasteiger partial charge in [0.05, 0.1) is 6.10 Å². The molecule has 0 bridgehead atoms. The van der Waals surface area contributed by atoms with Crippen molar-refractivity contribution in [2.45, 2.75) is 59.0 Å². The standard InChI is InChI=1S/C15H30N2O2/c1-15(2,3)8-13(18)10-17-14(19)12-6-4-11(9-16)5-7-12/h11-13,18H,4-10,16H2,1-3H3,(H,17,19). The molecule has 1 rings (SSSR count). The van der Waals surface area contributed by atoms with Crippen molar-refractivity contribution in [2.24, 2.45) is 23.0 Å². The van der Waals surface area contributed by atoms with E-state index in [-0.39, 0.29) is 17.2 Å². The van der Waals surface area contributed by atoms with E-state index in [2.05, 4.69) is 26.1 Å². The van der Waals surface area contributed by atoms with Gasteiger partial charge in [0.2, 0.25) is 5.91 Å². The molecule has 0 aromatic rings. The van der Waals surface area contributed by atoms with Crippen molar-refractivity contribution in [3.63, 3.8) is 0 Å². The van der Waals surface area contributed by atoms with Gasteiger partial charge in [0.15, 0.2) is 0 Å². The SMILES string of the molecule is CC(C)(C)CC(O)CNC(=O)C1CCC(CN)CC1. The van der Waals surface area contributed by atoms with E-state index in [1.54, 1.807) is 0 Å². The molecule has 0 heterocycles. The first-order valence-electron chi connectivity index (χ1n) is 7.47. The van der Waals surface area contributed by atoms with Crippen LogP contribution in [0.1, 0.15) is 52.9 Å². The summed E-state index contributed by atoms with van der Waals surface area (Å²) < 4.78 is 0. The Labute approximate surface area is 117 Å². The average Bonchev–Trinajstić information content (AvgIpc) is 2.34. The normalized spacial score (nSPS) is 25.9. The van der Waals surface area contributed by atoms with Gasteiger partial charge in [-0.05, 0) is 50.0 Å². The van der Waals surface area contributed by atoms with Crippen molar-refractivity contribution < 1.29 is 9.90 Å². The number of hydrogen-bond acceptors (Lipinski definition) is 3. The molecule has 0 spiro atoms. The lowest BCUT2D eigenvalue weighted by Crippen LogP contribution is -2.39. The van der Waals surface area contributed by atoms with Crippen molar-refractivity contribution >= 4 is 5.91 Å². The lowest BCUT2D eigenvalue weighted by Gasteiger charge is -2.27. The largest absolute Gasteiger partial charge is 0.391 e. The molecule has 112 valence electrons. The molecular weight excluding hydrogens is 240 g/mol. The zero-order valence-corrected chi connectivity index (χ0v) is 12.6. The predicted octanol–water partition coefficient (Wildman–Crippen LogP) is 1.66. The third-order valence-electron chi connectivity index (χ3n) is 3.91. The zero-order valence-electron chi connectivity index (χ0n) is 12.6. The Morgan fingerprint density at radius 1 is 1.32 bits per heavy atom. The summed E-state index contributed by atoms with van der Waals surface area (Å²) in [6, 6.07) is 0. The number of nitrogens with one attached hydrogen (secondary N) is 1. The summed E-state index contributed by atoms with van der Waals surface area (Å²) in [5.74, 6) is 0.809. The van der Waals surface area contributed by atoms with Gasteiger partial charge >= 0.3 is 0 Å². The van der Waals surface area contributed by atoms with E-state index < -0.39 is 6.10 Å². The van der Waals surface area contributed by atoms with Gasteiger partial charge in [0.1, 0.15) is 0 Å². The predicted molar refractivity (Wildman–Crippen MR) is 77.6 cm³/mol. The Bertz CT molecular complexity index is 278. The highest BCUT2D eigenvalue weighted by Gasteiger charge is 2.26. The number of nitrogens with two attached hydrogens (primary N) is 1. The summed E-state index contributed by atoms with van der Waals surface area (Å²) >= 11 is 0. The van der Waals surface area contributed by atoms with Crippen LogP contribution in [0.2, 0.25) is 0 Å². The molecule has 0 aromatic heterocycles. The fourth-order valence-corrected chi connectivity index (χ4v) is 2.80. The van der Waals surface area contributed by atoms with Crippen LogP contribution in [0.3, 0.4) is 0 Å². The molecule has 1 atom stereocenters. The van der Waals surface area contributed by atoms with Gasteiger partial charge in [-0.25, -0.2) is 0 Å². The van der Waals surface area contributed by atoms with Crippen LogP contribution in [0.5, 0.6) is 0 Å². The van der Waals surface area contributed by atoms with Crippen LogP contribution >= 0.6 is 0 Å². The third kappa shape index (κ3) is 6.39. The summed E-state index contributed by atoms with van der Waals surface area (Å²) in [6.07, 6.45) is 4.22. The minimum absolute atomic E-state index is 0.0866. The average molecular weight is 270 g/mol. The van der Waals surface area contributed by atoms with Crippen molar-refractivity contribution in [3.8, 4) is 0 Å². The Kier molecular flexibility index (Phi) is 6.27. The number of hydrogen-bond donors (Lipinski definition) is 3. The number of rotatable bonds is 5. The molecule has 1 unspecified atom stereocenters. The summed E-state index contributed by atoms with van der Waals surface area (Å²) in [4.78, 5) is 12.0. The topological polar surface area (TPSA) is 75.3 Å². The lowest BCUT2D eigenvalue weighted by atomic mass is 9.81. The van der Waals surface area contributed by atoms with Gasteiger partial charge in [0.25, 0.3) is 0 Å². The Balaban J connectivity index is 2.24. The van der Waals surface area contributed by atoms with Crippen molar-refractivity contribution in [2.75, 3.05) is 13.1 Å². The Morgan fingerprint density at radius 2 is 1.89 bits per heavy atom. The van der Waals surface area contributed by atoms with E-state index >= 15 is 0 Å². The van der Waals surface area contributed by atoms with Gasteiger partial charge in [-0.3, -0.25) is 4.79 Å². The first-order chi connectivity index (χ1) is 8.81. The van der Waals surface area contributed by atoms with Crippen LogP contribution in [0.15, 0.2) is 0 Å². The summed E-state index contributed by atoms with van der Waals surface area (Å²) in [7, 11) is 0. The molecule has 0 saturated heterocycles. The van der Waals surface area contributed by atoms with Crippen molar-refractivity contribution in [3.05, 3.63) is 0 Å². The molecule has 4 N–H and O–H groups in total. The molecule has 1 aliphatic carbocycles. The Hall–Kier alpha value is -0.610. The van der Waals surface area contributed by atoms with Crippen LogP contribution in [-0.2, 0) is 4.79 Å². The summed E-state index contributed by atoms with van der Waals surface area (Å²) in [5, 5.41) is 12.8. The number of amides is 1. The quantitative estimate of drug-likeness (QED) is 0.711. The van der Waals surface area contributed by atoms with Crippen molar-refractivity contribution in [1.29, 1.82) is 0 Å². The van der Waals surface area contributed by atoms with Crippen molar-refractivity contribution in [1.82, 2.24) is 5.32 Å². The highest BCUT2D eigenvalue weighted by atomic mass is 16.3. The first-order valence-corrected chi connectivity index (χ1v) is 7.47. The van der Waals surface area contributed by atoms with Crippen LogP contribution in [0.25, 0.3) is 0 Å². The van der Waals surface area contributed by atoms with E-state index in [0.29, 0.717) is 18.9 Å². The molecule has 4 nitrogen and oxygen atoms in total. The molecular formula is C15H30N2O2. The van der Waals surface area contributed by atoms with E-state index in [0.717, 1.165) is 32.2 Å². The van der Waals surface area contributed by atoms with Crippen LogP contribution in [-0.4, -0.2) is 30.2 Å². The second-order valence-electron chi connectivity index (χ2n) is 7.12. The summed E-state index contributed by atoms with van der Waals surface area (Å²) in [5.41, 5.74) is 5.73. The van der Waals surface area contributed by atoms with E-state index in [4.69, 9.17) is 5.73 Å². The molecule has 19 heavy (non-hydrogen) atoms. The molecule has 0 radical (unpaired) electrons. The monoisotopic (exact) mass is 270 g/mol. The maximum atomic E-state index is 12.0. The second-order valence-corrected chi connectivity index (χ2v) is 7.12. The number of aliphatic hydroxyl groups excluding tert-OH is 1. The molecule has 1 fully saturated rings. The smallest absolute Gasteiger partial charge is 0.223 e. The molecule has 0 aromatic carbocycles. The van der Waals surface area contributed by atoms with E-state index in [1.165, 1.54) is 0 Å². The Morgan fingerprint density at radius 3 is 2.37 bits per heavy atom. The third-order valence-corrected chi connectivity index (χ3v) is 3.91. The van der Waals surface area contributed by atoms with Gasteiger partial charge in [-0.1, -0.05) is 20.8 Å². The van der Waals surface area contributed by atoms with E-state index in [9.17, 15) is 9.90 Å². The van der Waals surface area contributed by atoms with Crippen LogP contribution < -0.4 is 11.1 Å². The number of aliphatic hydroxyl groups is 1. The minimum atomic E-state index is -0.454. The van der Waals surface area contributed by atoms with Gasteiger partial charge in [-0.15, -0.1) is 0 Å². The summed E-state index contributed by atoms with van der Waals surface area (Å²) in [6.45, 7) is 7.37. The van der Waals surface area contributed by atoms with Gasteiger partial charge in [-0.2, -0.15) is 0 Å². The number of carbonyl (C=O) groups is 1. The maximum Gasteiger partial charge on any atom is 0.223 e. The number of carbonyl (C=O) groups excluding carboxylic acids is 1. The van der Waals surface area contributed by atoms with E-state index in [1.807, 2.05) is 0 Å². The van der Waals surface area contributed by atoms with Crippen LogP contribution in [0.4, 0.5) is 0 Å². The fraction of sp³-hybridized carbons (Fsp3) is 0.933. The maximum absolute atomic E-state index is 12.0. The van der Waals surface area contributed by atoms with Gasteiger partial charge < -0.3 is 16.2 Å². The molecule has 1 saturated carbocycles. The molecule has 1 aliphatic rings. The second kappa shape index (κ2) is 7.25. The highest BCUT2D eigenvalue weighted by molar-refractivity contribution is 5.78. The van der Waals surface area contributed by atoms with Gasteiger partial charge in [0, 0.05) is 12.5 Å². The minimum Gasteiger partial charge on any atom is -0.391 e. The van der Waals surface area contributed by atoms with Crippen LogP contribution in [0, 0.1) is 17.3 Å². The lowest BCUT2D eigenvalue weighted by molar-refractivity contribution is -0.126.